The van der Waals surface area contributed by atoms with Crippen LogP contribution in [0, 0.1) is 0 Å². The first-order valence-corrected chi connectivity index (χ1v) is 6.75. The zero-order valence-corrected chi connectivity index (χ0v) is 11.5. The van der Waals surface area contributed by atoms with Crippen LogP contribution in [0.25, 0.3) is 0 Å². The zero-order valence-electron chi connectivity index (χ0n) is 11.5. The molecule has 0 aromatic rings. The van der Waals surface area contributed by atoms with Gasteiger partial charge < -0.3 is 15.4 Å². The van der Waals surface area contributed by atoms with Gasteiger partial charge in [-0.2, -0.15) is 0 Å². The standard InChI is InChI=1S/C13H27N3O/c1-15(2)9-11-5-4-6-16(11)13(10-14)7-12(8-13)17-3/h11-12H,4-10,14H2,1-3H3. The first-order valence-electron chi connectivity index (χ1n) is 6.75. The lowest BCUT2D eigenvalue weighted by Crippen LogP contribution is -2.65. The molecule has 1 unspecified atom stereocenters. The molecule has 2 N–H and O–H groups in total. The Kier molecular flexibility index (Phi) is 4.08. The molecule has 0 bridgehead atoms. The molecule has 1 saturated heterocycles. The highest BCUT2D eigenvalue weighted by Crippen LogP contribution is 2.42. The third kappa shape index (κ3) is 2.50. The summed E-state index contributed by atoms with van der Waals surface area (Å²) in [4.78, 5) is 4.96. The second kappa shape index (κ2) is 5.22. The molecule has 2 aliphatic rings. The van der Waals surface area contributed by atoms with Gasteiger partial charge in [0.05, 0.1) is 6.10 Å². The lowest BCUT2D eigenvalue weighted by molar-refractivity contribution is -0.0935. The van der Waals surface area contributed by atoms with Gasteiger partial charge in [-0.3, -0.25) is 4.90 Å². The van der Waals surface area contributed by atoms with E-state index in [0.717, 1.165) is 25.9 Å². The number of likely N-dealkylation sites (N-methyl/N-ethyl adjacent to an activating group) is 1. The summed E-state index contributed by atoms with van der Waals surface area (Å²) >= 11 is 0. The van der Waals surface area contributed by atoms with Gasteiger partial charge >= 0.3 is 0 Å². The highest BCUT2D eigenvalue weighted by atomic mass is 16.5. The van der Waals surface area contributed by atoms with Crippen LogP contribution < -0.4 is 5.73 Å². The zero-order chi connectivity index (χ0) is 12.5. The van der Waals surface area contributed by atoms with E-state index in [4.69, 9.17) is 10.5 Å². The van der Waals surface area contributed by atoms with Crippen molar-refractivity contribution in [1.82, 2.24) is 9.80 Å². The fourth-order valence-electron chi connectivity index (χ4n) is 3.54. The van der Waals surface area contributed by atoms with Gasteiger partial charge in [-0.05, 0) is 46.3 Å². The van der Waals surface area contributed by atoms with E-state index in [-0.39, 0.29) is 5.54 Å². The monoisotopic (exact) mass is 241 g/mol. The summed E-state index contributed by atoms with van der Waals surface area (Å²) in [6, 6.07) is 0.686. The van der Waals surface area contributed by atoms with Crippen molar-refractivity contribution in [2.24, 2.45) is 5.73 Å². The van der Waals surface area contributed by atoms with Crippen LogP contribution in [-0.2, 0) is 4.74 Å². The number of rotatable bonds is 5. The van der Waals surface area contributed by atoms with E-state index < -0.39 is 0 Å². The summed E-state index contributed by atoms with van der Waals surface area (Å²) in [6.45, 7) is 3.14. The van der Waals surface area contributed by atoms with Gasteiger partial charge in [0.1, 0.15) is 0 Å². The predicted molar refractivity (Wildman–Crippen MR) is 70.1 cm³/mol. The molecule has 0 aromatic heterocycles. The third-order valence-electron chi connectivity index (χ3n) is 4.49. The largest absolute Gasteiger partial charge is 0.381 e. The maximum atomic E-state index is 6.05. The van der Waals surface area contributed by atoms with Crippen LogP contribution >= 0.6 is 0 Å². The summed E-state index contributed by atoms with van der Waals surface area (Å²) in [5.41, 5.74) is 6.28. The van der Waals surface area contributed by atoms with Crippen molar-refractivity contribution in [2.75, 3.05) is 40.8 Å². The van der Waals surface area contributed by atoms with Crippen LogP contribution in [0.5, 0.6) is 0 Å². The number of nitrogens with zero attached hydrogens (tertiary/aromatic N) is 2. The number of hydrogen-bond acceptors (Lipinski definition) is 4. The molecule has 2 rings (SSSR count). The second-order valence-corrected chi connectivity index (χ2v) is 5.95. The summed E-state index contributed by atoms with van der Waals surface area (Å²) in [5.74, 6) is 0. The fraction of sp³-hybridized carbons (Fsp3) is 1.00. The number of methoxy groups -OCH3 is 1. The lowest BCUT2D eigenvalue weighted by Gasteiger charge is -2.54. The molecule has 1 saturated carbocycles. The van der Waals surface area contributed by atoms with Gasteiger partial charge in [0, 0.05) is 31.8 Å². The van der Waals surface area contributed by atoms with Gasteiger partial charge in [-0.25, -0.2) is 0 Å². The van der Waals surface area contributed by atoms with Crippen molar-refractivity contribution in [3.8, 4) is 0 Å². The maximum Gasteiger partial charge on any atom is 0.0607 e. The van der Waals surface area contributed by atoms with Crippen molar-refractivity contribution in [3.05, 3.63) is 0 Å². The van der Waals surface area contributed by atoms with E-state index in [1.165, 1.54) is 19.4 Å². The molecule has 0 amide bonds. The van der Waals surface area contributed by atoms with Crippen molar-refractivity contribution in [2.45, 2.75) is 43.4 Å². The Morgan fingerprint density at radius 3 is 2.65 bits per heavy atom. The maximum absolute atomic E-state index is 6.05. The molecule has 1 aliphatic carbocycles. The second-order valence-electron chi connectivity index (χ2n) is 5.95. The Morgan fingerprint density at radius 1 is 1.41 bits per heavy atom. The summed E-state index contributed by atoms with van der Waals surface area (Å²) in [6.07, 6.45) is 5.29. The van der Waals surface area contributed by atoms with Crippen molar-refractivity contribution in [1.29, 1.82) is 0 Å². The van der Waals surface area contributed by atoms with Crippen molar-refractivity contribution >= 4 is 0 Å². The van der Waals surface area contributed by atoms with E-state index in [0.29, 0.717) is 12.1 Å². The average Bonchev–Trinajstić information content (AvgIpc) is 2.66. The normalized spacial score (nSPS) is 38.6. The van der Waals surface area contributed by atoms with E-state index in [1.807, 2.05) is 7.11 Å². The molecule has 0 radical (unpaired) electrons. The molecular formula is C13H27N3O. The predicted octanol–water partition coefficient (Wildman–Crippen LogP) is 0.519. The van der Waals surface area contributed by atoms with E-state index >= 15 is 0 Å². The van der Waals surface area contributed by atoms with Crippen molar-refractivity contribution in [3.63, 3.8) is 0 Å². The Labute approximate surface area is 105 Å². The quantitative estimate of drug-likeness (QED) is 0.762. The van der Waals surface area contributed by atoms with Gasteiger partial charge in [0.15, 0.2) is 0 Å². The molecule has 0 spiro atoms. The molecule has 1 heterocycles. The molecule has 4 nitrogen and oxygen atoms in total. The Hall–Kier alpha value is -0.160. The lowest BCUT2D eigenvalue weighted by atomic mass is 9.72. The molecular weight excluding hydrogens is 214 g/mol. The van der Waals surface area contributed by atoms with E-state index in [2.05, 4.69) is 23.9 Å². The molecule has 1 atom stereocenters. The molecule has 0 aromatic carbocycles. The van der Waals surface area contributed by atoms with Crippen molar-refractivity contribution < 1.29 is 4.74 Å². The van der Waals surface area contributed by atoms with Gasteiger partial charge in [-0.15, -0.1) is 0 Å². The molecule has 17 heavy (non-hydrogen) atoms. The number of likely N-dealkylation sites (tertiary alicyclic amines) is 1. The molecule has 4 heteroatoms. The molecule has 2 fully saturated rings. The topological polar surface area (TPSA) is 41.7 Å². The molecule has 1 aliphatic heterocycles. The van der Waals surface area contributed by atoms with Crippen LogP contribution in [0.3, 0.4) is 0 Å². The average molecular weight is 241 g/mol. The summed E-state index contributed by atoms with van der Waals surface area (Å²) in [7, 11) is 6.13. The highest BCUT2D eigenvalue weighted by Gasteiger charge is 2.50. The van der Waals surface area contributed by atoms with E-state index in [9.17, 15) is 0 Å². The summed E-state index contributed by atoms with van der Waals surface area (Å²) < 4.78 is 5.43. The van der Waals surface area contributed by atoms with Gasteiger partial charge in [-0.1, -0.05) is 0 Å². The first-order chi connectivity index (χ1) is 8.11. The van der Waals surface area contributed by atoms with E-state index in [1.54, 1.807) is 0 Å². The summed E-state index contributed by atoms with van der Waals surface area (Å²) in [5, 5.41) is 0. The Bertz CT molecular complexity index is 251. The Morgan fingerprint density at radius 2 is 2.12 bits per heavy atom. The smallest absolute Gasteiger partial charge is 0.0607 e. The van der Waals surface area contributed by atoms with Crippen LogP contribution in [0.4, 0.5) is 0 Å². The Balaban J connectivity index is 1.99. The third-order valence-corrected chi connectivity index (χ3v) is 4.49. The number of ether oxygens (including phenoxy) is 1. The first kappa shape index (κ1) is 13.3. The minimum Gasteiger partial charge on any atom is -0.381 e. The fourth-order valence-corrected chi connectivity index (χ4v) is 3.54. The molecule has 100 valence electrons. The SMILES string of the molecule is COC1CC(CN)(N2CCCC2CN(C)C)C1. The highest BCUT2D eigenvalue weighted by molar-refractivity contribution is 5.07. The number of hydrogen-bond donors (Lipinski definition) is 1. The van der Waals surface area contributed by atoms with Crippen LogP contribution in [-0.4, -0.2) is 68.3 Å². The van der Waals surface area contributed by atoms with Crippen LogP contribution in [0.2, 0.25) is 0 Å². The number of nitrogens with two attached hydrogens (primary N) is 1. The minimum absolute atomic E-state index is 0.234. The van der Waals surface area contributed by atoms with Gasteiger partial charge in [0.25, 0.3) is 0 Å². The van der Waals surface area contributed by atoms with Gasteiger partial charge in [0.2, 0.25) is 0 Å². The van der Waals surface area contributed by atoms with Crippen LogP contribution in [0.15, 0.2) is 0 Å². The van der Waals surface area contributed by atoms with Crippen LogP contribution in [0.1, 0.15) is 25.7 Å². The minimum atomic E-state index is 0.234.